The first-order valence-electron chi connectivity index (χ1n) is 7.05. The van der Waals surface area contributed by atoms with Crippen molar-refractivity contribution in [3.63, 3.8) is 0 Å². The van der Waals surface area contributed by atoms with Crippen LogP contribution < -0.4 is 14.8 Å². The first-order chi connectivity index (χ1) is 11.0. The van der Waals surface area contributed by atoms with Crippen molar-refractivity contribution in [1.82, 2.24) is 4.72 Å². The van der Waals surface area contributed by atoms with Gasteiger partial charge >= 0.3 is 0 Å². The Morgan fingerprint density at radius 3 is 2.70 bits per heavy atom. The summed E-state index contributed by atoms with van der Waals surface area (Å²) < 4.78 is 32.4. The molecule has 0 spiro atoms. The van der Waals surface area contributed by atoms with Crippen LogP contribution in [-0.4, -0.2) is 27.5 Å². The fourth-order valence-electron chi connectivity index (χ4n) is 2.03. The molecule has 1 fully saturated rings. The number of hydrogen-bond acceptors (Lipinski definition) is 5. The summed E-state index contributed by atoms with van der Waals surface area (Å²) in [5, 5.41) is 4.50. The van der Waals surface area contributed by atoms with Gasteiger partial charge < -0.3 is 10.1 Å². The molecular formula is C15H16N2O4S2. The van der Waals surface area contributed by atoms with Crippen LogP contribution in [0.25, 0.3) is 0 Å². The van der Waals surface area contributed by atoms with Gasteiger partial charge in [-0.05, 0) is 42.5 Å². The third-order valence-electron chi connectivity index (χ3n) is 3.37. The highest BCUT2D eigenvalue weighted by atomic mass is 32.2. The molecule has 1 heterocycles. The largest absolute Gasteiger partial charge is 0.495 e. The maximum Gasteiger partial charge on any atom is 0.265 e. The van der Waals surface area contributed by atoms with E-state index >= 15 is 0 Å². The van der Waals surface area contributed by atoms with E-state index in [1.807, 2.05) is 0 Å². The summed E-state index contributed by atoms with van der Waals surface area (Å²) >= 11 is 1.31. The lowest BCUT2D eigenvalue weighted by Crippen LogP contribution is -2.25. The molecule has 1 aromatic heterocycles. The average molecular weight is 352 g/mol. The van der Waals surface area contributed by atoms with E-state index in [1.165, 1.54) is 36.6 Å². The van der Waals surface area contributed by atoms with Crippen LogP contribution in [0.4, 0.5) is 5.69 Å². The van der Waals surface area contributed by atoms with Gasteiger partial charge in [0.1, 0.15) is 5.75 Å². The molecule has 0 atom stereocenters. The number of nitrogens with one attached hydrogen (secondary N) is 2. The maximum atomic E-state index is 12.3. The average Bonchev–Trinajstić information content (AvgIpc) is 3.15. The third kappa shape index (κ3) is 3.72. The van der Waals surface area contributed by atoms with Gasteiger partial charge in [0, 0.05) is 6.04 Å². The highest BCUT2D eigenvalue weighted by Gasteiger charge is 2.28. The molecule has 1 aliphatic carbocycles. The molecule has 1 saturated carbocycles. The highest BCUT2D eigenvalue weighted by molar-refractivity contribution is 7.89. The van der Waals surface area contributed by atoms with Crippen LogP contribution >= 0.6 is 11.3 Å². The van der Waals surface area contributed by atoms with Crippen molar-refractivity contribution >= 4 is 33.0 Å². The Kier molecular flexibility index (Phi) is 4.38. The summed E-state index contributed by atoms with van der Waals surface area (Å²) in [7, 11) is -2.12. The Balaban J connectivity index is 1.88. The van der Waals surface area contributed by atoms with Gasteiger partial charge in [-0.2, -0.15) is 0 Å². The SMILES string of the molecule is COc1ccc(S(=O)(=O)NC2CC2)cc1NC(=O)c1cccs1. The second-order valence-corrected chi connectivity index (χ2v) is 7.85. The van der Waals surface area contributed by atoms with Gasteiger partial charge in [-0.25, -0.2) is 13.1 Å². The normalized spacial score (nSPS) is 14.5. The van der Waals surface area contributed by atoms with E-state index in [0.717, 1.165) is 12.8 Å². The minimum absolute atomic E-state index is 0.0197. The van der Waals surface area contributed by atoms with Crippen molar-refractivity contribution in [3.05, 3.63) is 40.6 Å². The molecule has 6 nitrogen and oxygen atoms in total. The molecule has 0 unspecified atom stereocenters. The molecule has 2 aromatic rings. The predicted octanol–water partition coefficient (Wildman–Crippen LogP) is 2.45. The minimum Gasteiger partial charge on any atom is -0.495 e. The molecule has 0 radical (unpaired) electrons. The Morgan fingerprint density at radius 2 is 2.09 bits per heavy atom. The number of sulfonamides is 1. The molecule has 122 valence electrons. The molecule has 3 rings (SSSR count). The van der Waals surface area contributed by atoms with E-state index in [1.54, 1.807) is 17.5 Å². The summed E-state index contributed by atoms with van der Waals surface area (Å²) in [4.78, 5) is 12.8. The fraction of sp³-hybridized carbons (Fsp3) is 0.267. The summed E-state index contributed by atoms with van der Waals surface area (Å²) in [6, 6.07) is 7.90. The molecule has 1 amide bonds. The molecule has 1 aliphatic rings. The summed E-state index contributed by atoms with van der Waals surface area (Å²) in [5.74, 6) is 0.100. The number of hydrogen-bond donors (Lipinski definition) is 2. The first kappa shape index (κ1) is 16.0. The predicted molar refractivity (Wildman–Crippen MR) is 88.6 cm³/mol. The lowest BCUT2D eigenvalue weighted by atomic mass is 10.3. The Hall–Kier alpha value is -1.90. The number of ether oxygens (including phenoxy) is 1. The van der Waals surface area contributed by atoms with E-state index < -0.39 is 10.0 Å². The number of carbonyl (C=O) groups excluding carboxylic acids is 1. The van der Waals surface area contributed by atoms with E-state index in [0.29, 0.717) is 16.3 Å². The molecule has 23 heavy (non-hydrogen) atoms. The second-order valence-electron chi connectivity index (χ2n) is 5.19. The summed E-state index contributed by atoms with van der Waals surface area (Å²) in [6.07, 6.45) is 1.72. The standard InChI is InChI=1S/C15H16N2O4S2/c1-21-13-7-6-11(23(19,20)17-10-4-5-10)9-12(13)16-15(18)14-3-2-8-22-14/h2-3,6-10,17H,4-5H2,1H3,(H,16,18). The van der Waals surface area contributed by atoms with Gasteiger partial charge in [-0.3, -0.25) is 4.79 Å². The topological polar surface area (TPSA) is 84.5 Å². The van der Waals surface area contributed by atoms with Crippen LogP contribution in [0.3, 0.4) is 0 Å². The van der Waals surface area contributed by atoms with Crippen molar-refractivity contribution < 1.29 is 17.9 Å². The van der Waals surface area contributed by atoms with Gasteiger partial charge in [0.05, 0.1) is 22.6 Å². The molecular weight excluding hydrogens is 336 g/mol. The van der Waals surface area contributed by atoms with Gasteiger partial charge in [-0.15, -0.1) is 11.3 Å². The molecule has 0 aliphatic heterocycles. The minimum atomic E-state index is -3.59. The highest BCUT2D eigenvalue weighted by Crippen LogP contribution is 2.29. The smallest absolute Gasteiger partial charge is 0.265 e. The van der Waals surface area contributed by atoms with E-state index in [4.69, 9.17) is 4.74 Å². The molecule has 8 heteroatoms. The first-order valence-corrected chi connectivity index (χ1v) is 9.41. The van der Waals surface area contributed by atoms with Crippen LogP contribution in [0.5, 0.6) is 5.75 Å². The van der Waals surface area contributed by atoms with Gasteiger partial charge in [0.15, 0.2) is 0 Å². The van der Waals surface area contributed by atoms with Crippen molar-refractivity contribution in [1.29, 1.82) is 0 Å². The quantitative estimate of drug-likeness (QED) is 0.836. The van der Waals surface area contributed by atoms with Gasteiger partial charge in [0.2, 0.25) is 10.0 Å². The van der Waals surface area contributed by atoms with E-state index in [-0.39, 0.29) is 16.8 Å². The third-order valence-corrected chi connectivity index (χ3v) is 5.76. The van der Waals surface area contributed by atoms with Crippen LogP contribution in [0.1, 0.15) is 22.5 Å². The van der Waals surface area contributed by atoms with Crippen molar-refractivity contribution in [2.24, 2.45) is 0 Å². The number of rotatable bonds is 6. The maximum absolute atomic E-state index is 12.3. The Bertz CT molecular complexity index is 812. The van der Waals surface area contributed by atoms with Gasteiger partial charge in [0.25, 0.3) is 5.91 Å². The number of anilines is 1. The molecule has 0 saturated heterocycles. The zero-order valence-electron chi connectivity index (χ0n) is 12.4. The Labute approximate surface area is 138 Å². The number of amides is 1. The fourth-order valence-corrected chi connectivity index (χ4v) is 3.98. The number of thiophene rings is 1. The lowest BCUT2D eigenvalue weighted by Gasteiger charge is -2.12. The number of methoxy groups -OCH3 is 1. The molecule has 0 bridgehead atoms. The van der Waals surface area contributed by atoms with Gasteiger partial charge in [-0.1, -0.05) is 6.07 Å². The van der Waals surface area contributed by atoms with Crippen LogP contribution in [-0.2, 0) is 10.0 Å². The van der Waals surface area contributed by atoms with E-state index in [2.05, 4.69) is 10.0 Å². The van der Waals surface area contributed by atoms with Crippen molar-refractivity contribution in [2.45, 2.75) is 23.8 Å². The number of carbonyl (C=O) groups is 1. The molecule has 1 aromatic carbocycles. The van der Waals surface area contributed by atoms with Crippen LogP contribution in [0.15, 0.2) is 40.6 Å². The van der Waals surface area contributed by atoms with Crippen molar-refractivity contribution in [3.8, 4) is 5.75 Å². The summed E-state index contributed by atoms with van der Waals surface area (Å²) in [6.45, 7) is 0. The monoisotopic (exact) mass is 352 g/mol. The molecule has 2 N–H and O–H groups in total. The Morgan fingerprint density at radius 1 is 1.30 bits per heavy atom. The number of benzene rings is 1. The second kappa shape index (κ2) is 6.31. The zero-order chi connectivity index (χ0) is 16.4. The lowest BCUT2D eigenvalue weighted by molar-refractivity contribution is 0.103. The van der Waals surface area contributed by atoms with E-state index in [9.17, 15) is 13.2 Å². The zero-order valence-corrected chi connectivity index (χ0v) is 14.0. The summed E-state index contributed by atoms with van der Waals surface area (Å²) in [5.41, 5.74) is 0.324. The van der Waals surface area contributed by atoms with Crippen LogP contribution in [0, 0.1) is 0 Å². The van der Waals surface area contributed by atoms with Crippen molar-refractivity contribution in [2.75, 3.05) is 12.4 Å². The van der Waals surface area contributed by atoms with Crippen LogP contribution in [0.2, 0.25) is 0 Å².